The van der Waals surface area contributed by atoms with E-state index in [2.05, 4.69) is 10.6 Å². The zero-order chi connectivity index (χ0) is 14.6. The molecule has 114 valence electrons. The van der Waals surface area contributed by atoms with Gasteiger partial charge in [0.05, 0.1) is 12.0 Å². The van der Waals surface area contributed by atoms with E-state index in [4.69, 9.17) is 4.74 Å². The summed E-state index contributed by atoms with van der Waals surface area (Å²) in [6, 6.07) is 0.0637. The fourth-order valence-corrected chi connectivity index (χ4v) is 3.09. The minimum atomic E-state index is -0.417. The summed E-state index contributed by atoms with van der Waals surface area (Å²) >= 11 is 0. The molecule has 0 spiro atoms. The fourth-order valence-electron chi connectivity index (χ4n) is 3.09. The number of methoxy groups -OCH3 is 1. The van der Waals surface area contributed by atoms with Gasteiger partial charge in [0.25, 0.3) is 0 Å². The molecule has 2 fully saturated rings. The maximum absolute atomic E-state index is 12.6. The molecule has 1 unspecified atom stereocenters. The van der Waals surface area contributed by atoms with Gasteiger partial charge in [-0.2, -0.15) is 0 Å². The smallest absolute Gasteiger partial charge is 0.228 e. The van der Waals surface area contributed by atoms with Crippen LogP contribution in [0.3, 0.4) is 0 Å². The van der Waals surface area contributed by atoms with E-state index in [1.807, 2.05) is 0 Å². The minimum Gasteiger partial charge on any atom is -0.384 e. The van der Waals surface area contributed by atoms with Gasteiger partial charge in [0.2, 0.25) is 11.8 Å². The Morgan fingerprint density at radius 3 is 2.80 bits per heavy atom. The molecule has 2 aliphatic heterocycles. The Balaban J connectivity index is 1.96. The van der Waals surface area contributed by atoms with Gasteiger partial charge in [0, 0.05) is 33.2 Å². The first kappa shape index (κ1) is 15.3. The fraction of sp³-hybridized carbons (Fsp3) is 0.857. The van der Waals surface area contributed by atoms with E-state index >= 15 is 0 Å². The molecule has 2 amide bonds. The summed E-state index contributed by atoms with van der Waals surface area (Å²) in [5.74, 6) is 0.234. The van der Waals surface area contributed by atoms with E-state index in [0.717, 1.165) is 32.4 Å². The molecule has 0 aliphatic carbocycles. The van der Waals surface area contributed by atoms with Crippen molar-refractivity contribution in [2.24, 2.45) is 5.41 Å². The Kier molecular flexibility index (Phi) is 4.99. The first-order chi connectivity index (χ1) is 9.57. The SMILES string of the molecule is COCC1(C(=O)NC2CCC(=O)N(C)C2)CCNCC1. The number of likely N-dealkylation sites (N-methyl/N-ethyl adjacent to an activating group) is 1. The second kappa shape index (κ2) is 6.54. The Labute approximate surface area is 120 Å². The van der Waals surface area contributed by atoms with E-state index < -0.39 is 5.41 Å². The van der Waals surface area contributed by atoms with E-state index in [-0.39, 0.29) is 17.9 Å². The molecule has 2 rings (SSSR count). The van der Waals surface area contributed by atoms with Gasteiger partial charge in [-0.1, -0.05) is 0 Å². The predicted molar refractivity (Wildman–Crippen MR) is 75.2 cm³/mol. The molecule has 1 atom stereocenters. The molecule has 0 aromatic carbocycles. The minimum absolute atomic E-state index is 0.0637. The Morgan fingerprint density at radius 2 is 2.20 bits per heavy atom. The van der Waals surface area contributed by atoms with Crippen LogP contribution >= 0.6 is 0 Å². The van der Waals surface area contributed by atoms with Crippen LogP contribution in [0, 0.1) is 5.41 Å². The quantitative estimate of drug-likeness (QED) is 0.746. The molecular weight excluding hydrogens is 258 g/mol. The van der Waals surface area contributed by atoms with Crippen LogP contribution in [0.15, 0.2) is 0 Å². The van der Waals surface area contributed by atoms with Crippen molar-refractivity contribution in [3.05, 3.63) is 0 Å². The van der Waals surface area contributed by atoms with Gasteiger partial charge in [-0.05, 0) is 32.4 Å². The largest absolute Gasteiger partial charge is 0.384 e. The number of likely N-dealkylation sites (tertiary alicyclic amines) is 1. The van der Waals surface area contributed by atoms with Crippen molar-refractivity contribution in [1.29, 1.82) is 0 Å². The lowest BCUT2D eigenvalue weighted by Gasteiger charge is -2.38. The number of hydrogen-bond donors (Lipinski definition) is 2. The third kappa shape index (κ3) is 3.30. The molecule has 2 heterocycles. The summed E-state index contributed by atoms with van der Waals surface area (Å²) < 4.78 is 5.28. The highest BCUT2D eigenvalue weighted by molar-refractivity contribution is 5.84. The molecule has 2 saturated heterocycles. The number of carbonyl (C=O) groups excluding carboxylic acids is 2. The van der Waals surface area contributed by atoms with Crippen molar-refractivity contribution in [1.82, 2.24) is 15.5 Å². The third-order valence-corrected chi connectivity index (χ3v) is 4.42. The third-order valence-electron chi connectivity index (χ3n) is 4.42. The Hall–Kier alpha value is -1.14. The molecule has 6 heteroatoms. The molecule has 0 saturated carbocycles. The molecule has 6 nitrogen and oxygen atoms in total. The normalized spacial score (nSPS) is 26.4. The van der Waals surface area contributed by atoms with Gasteiger partial charge in [-0.15, -0.1) is 0 Å². The zero-order valence-electron chi connectivity index (χ0n) is 12.4. The maximum Gasteiger partial charge on any atom is 0.228 e. The average Bonchev–Trinajstić information content (AvgIpc) is 2.44. The van der Waals surface area contributed by atoms with Crippen LogP contribution in [0.25, 0.3) is 0 Å². The molecule has 20 heavy (non-hydrogen) atoms. The van der Waals surface area contributed by atoms with Crippen LogP contribution in [-0.4, -0.2) is 63.2 Å². The van der Waals surface area contributed by atoms with Crippen molar-refractivity contribution in [2.75, 3.05) is 40.4 Å². The van der Waals surface area contributed by atoms with E-state index in [1.54, 1.807) is 19.1 Å². The lowest BCUT2D eigenvalue weighted by atomic mass is 9.78. The number of nitrogens with one attached hydrogen (secondary N) is 2. The summed E-state index contributed by atoms with van der Waals surface area (Å²) in [4.78, 5) is 25.8. The van der Waals surface area contributed by atoms with Crippen molar-refractivity contribution in [2.45, 2.75) is 31.7 Å². The standard InChI is InChI=1S/C14H25N3O3/c1-17-9-11(3-4-12(17)18)16-13(19)14(10-20-2)5-7-15-8-6-14/h11,15H,3-10H2,1-2H3,(H,16,19). The van der Waals surface area contributed by atoms with Crippen molar-refractivity contribution >= 4 is 11.8 Å². The van der Waals surface area contributed by atoms with E-state index in [0.29, 0.717) is 19.6 Å². The summed E-state index contributed by atoms with van der Waals surface area (Å²) in [6.45, 7) is 2.76. The topological polar surface area (TPSA) is 70.7 Å². The summed E-state index contributed by atoms with van der Waals surface area (Å²) in [5.41, 5.74) is -0.417. The summed E-state index contributed by atoms with van der Waals surface area (Å²) in [5, 5.41) is 6.41. The first-order valence-corrected chi connectivity index (χ1v) is 7.32. The van der Waals surface area contributed by atoms with Gasteiger partial charge < -0.3 is 20.3 Å². The highest BCUT2D eigenvalue weighted by Gasteiger charge is 2.40. The maximum atomic E-state index is 12.6. The van der Waals surface area contributed by atoms with E-state index in [1.165, 1.54) is 0 Å². The number of hydrogen-bond acceptors (Lipinski definition) is 4. The summed E-state index contributed by atoms with van der Waals surface area (Å²) in [7, 11) is 3.43. The number of nitrogens with zero attached hydrogens (tertiary/aromatic N) is 1. The number of rotatable bonds is 4. The second-order valence-corrected chi connectivity index (χ2v) is 5.95. The number of amides is 2. The predicted octanol–water partition coefficient (Wildman–Crippen LogP) is -0.260. The number of piperidine rings is 2. The molecular formula is C14H25N3O3. The Bertz CT molecular complexity index is 361. The van der Waals surface area contributed by atoms with Crippen LogP contribution in [0.1, 0.15) is 25.7 Å². The van der Waals surface area contributed by atoms with Crippen molar-refractivity contribution in [3.63, 3.8) is 0 Å². The lowest BCUT2D eigenvalue weighted by Crippen LogP contribution is -2.55. The highest BCUT2D eigenvalue weighted by atomic mass is 16.5. The number of ether oxygens (including phenoxy) is 1. The molecule has 0 aromatic rings. The molecule has 0 bridgehead atoms. The zero-order valence-corrected chi connectivity index (χ0v) is 12.4. The van der Waals surface area contributed by atoms with Crippen LogP contribution < -0.4 is 10.6 Å². The van der Waals surface area contributed by atoms with Gasteiger partial charge in [-0.25, -0.2) is 0 Å². The van der Waals surface area contributed by atoms with Gasteiger partial charge in [0.1, 0.15) is 0 Å². The summed E-state index contributed by atoms with van der Waals surface area (Å²) in [6.07, 6.45) is 2.85. The van der Waals surface area contributed by atoms with Crippen LogP contribution in [0.4, 0.5) is 0 Å². The van der Waals surface area contributed by atoms with Gasteiger partial charge >= 0.3 is 0 Å². The first-order valence-electron chi connectivity index (χ1n) is 7.32. The monoisotopic (exact) mass is 283 g/mol. The lowest BCUT2D eigenvalue weighted by molar-refractivity contribution is -0.140. The number of carbonyl (C=O) groups is 2. The molecule has 0 radical (unpaired) electrons. The highest BCUT2D eigenvalue weighted by Crippen LogP contribution is 2.30. The van der Waals surface area contributed by atoms with Crippen molar-refractivity contribution in [3.8, 4) is 0 Å². The second-order valence-electron chi connectivity index (χ2n) is 5.95. The average molecular weight is 283 g/mol. The molecule has 0 aromatic heterocycles. The van der Waals surface area contributed by atoms with Crippen LogP contribution in [0.5, 0.6) is 0 Å². The van der Waals surface area contributed by atoms with Gasteiger partial charge in [0.15, 0.2) is 0 Å². The van der Waals surface area contributed by atoms with Crippen LogP contribution in [0.2, 0.25) is 0 Å². The van der Waals surface area contributed by atoms with Crippen molar-refractivity contribution < 1.29 is 14.3 Å². The molecule has 2 aliphatic rings. The van der Waals surface area contributed by atoms with E-state index in [9.17, 15) is 9.59 Å². The molecule has 2 N–H and O–H groups in total. The Morgan fingerprint density at radius 1 is 1.50 bits per heavy atom. The van der Waals surface area contributed by atoms with Crippen LogP contribution in [-0.2, 0) is 14.3 Å². The van der Waals surface area contributed by atoms with Gasteiger partial charge in [-0.3, -0.25) is 9.59 Å².